The monoisotopic (exact) mass is 915 g/mol. The molecule has 2 saturated carbocycles. The molecule has 0 amide bonds. The molecule has 3 nitrogen and oxygen atoms in total. The van der Waals surface area contributed by atoms with Gasteiger partial charge in [-0.05, 0) is 199 Å². The highest BCUT2D eigenvalue weighted by Crippen LogP contribution is 2.62. The van der Waals surface area contributed by atoms with Gasteiger partial charge in [-0.3, -0.25) is 0 Å². The number of rotatable bonds is 3. The molecule has 3 heterocycles. The van der Waals surface area contributed by atoms with E-state index in [0.717, 1.165) is 11.2 Å². The van der Waals surface area contributed by atoms with Crippen LogP contribution in [0.25, 0.3) is 11.0 Å². The van der Waals surface area contributed by atoms with Crippen LogP contribution in [0.5, 0.6) is 0 Å². The second-order valence-electron chi connectivity index (χ2n) is 28.2. The molecule has 0 N–H and O–H groups in total. The minimum absolute atomic E-state index is 0.0285. The molecular formula is C65H79BN2O. The third-order valence-electron chi connectivity index (χ3n) is 19.1. The van der Waals surface area contributed by atoms with Crippen LogP contribution >= 0.6 is 0 Å². The van der Waals surface area contributed by atoms with Crippen LogP contribution in [0.15, 0.2) is 83.3 Å². The first-order chi connectivity index (χ1) is 32.3. The molecule has 1 aromatic heterocycles. The SMILES string of the molecule is CC(C)(C)c1cc(N2c3ccc(C(C)(C)C)cc3B3c4oc5cc6c(cc5c4N(c4ccc5c(c4)C(C)(C)CCC5(C)C)c4cc(C5CCCCC5)cc2c43)C2(C)CCC6(C)C2)cc(C(C)(C)C)c1. The number of benzene rings is 5. The summed E-state index contributed by atoms with van der Waals surface area (Å²) >= 11 is 0. The van der Waals surface area contributed by atoms with Gasteiger partial charge in [0.1, 0.15) is 5.58 Å². The molecule has 12 rings (SSSR count). The predicted octanol–water partition coefficient (Wildman–Crippen LogP) is 16.5. The van der Waals surface area contributed by atoms with Crippen molar-refractivity contribution in [2.75, 3.05) is 9.80 Å². The third-order valence-corrected chi connectivity index (χ3v) is 19.1. The van der Waals surface area contributed by atoms with E-state index < -0.39 is 0 Å². The zero-order chi connectivity index (χ0) is 48.7. The first kappa shape index (κ1) is 45.4. The Morgan fingerprint density at radius 3 is 1.74 bits per heavy atom. The molecule has 5 aromatic carbocycles. The Hall–Kier alpha value is -4.70. The molecule has 358 valence electrons. The maximum absolute atomic E-state index is 7.73. The van der Waals surface area contributed by atoms with Crippen LogP contribution in [0.1, 0.15) is 218 Å². The van der Waals surface area contributed by atoms with Gasteiger partial charge in [-0.1, -0.05) is 147 Å². The second kappa shape index (κ2) is 14.5. The minimum Gasteiger partial charge on any atom is -0.468 e. The molecule has 2 atom stereocenters. The first-order valence-electron chi connectivity index (χ1n) is 27.1. The highest BCUT2D eigenvalue weighted by Gasteiger charge is 2.54. The Balaban J connectivity index is 1.22. The van der Waals surface area contributed by atoms with Gasteiger partial charge in [0, 0.05) is 33.8 Å². The maximum atomic E-state index is 7.73. The van der Waals surface area contributed by atoms with Crippen LogP contribution in [-0.4, -0.2) is 6.71 Å². The lowest BCUT2D eigenvalue weighted by Crippen LogP contribution is -2.61. The molecule has 0 saturated heterocycles. The number of fused-ring (bicyclic) bond motifs is 12. The van der Waals surface area contributed by atoms with Crippen molar-refractivity contribution in [2.24, 2.45) is 0 Å². The Kier molecular flexibility index (Phi) is 9.53. The van der Waals surface area contributed by atoms with Gasteiger partial charge in [0.2, 0.25) is 0 Å². The van der Waals surface area contributed by atoms with Gasteiger partial charge < -0.3 is 14.2 Å². The van der Waals surface area contributed by atoms with Crippen molar-refractivity contribution in [2.45, 2.75) is 212 Å². The van der Waals surface area contributed by atoms with E-state index in [1.165, 1.54) is 154 Å². The summed E-state index contributed by atoms with van der Waals surface area (Å²) in [6.07, 6.45) is 12.5. The first-order valence-corrected chi connectivity index (χ1v) is 27.1. The van der Waals surface area contributed by atoms with Gasteiger partial charge >= 0.3 is 0 Å². The molecule has 6 aromatic rings. The molecule has 4 heteroatoms. The van der Waals surface area contributed by atoms with E-state index in [1.54, 1.807) is 5.56 Å². The van der Waals surface area contributed by atoms with Crippen molar-refractivity contribution in [3.63, 3.8) is 0 Å². The molecule has 6 aliphatic rings. The number of hydrogen-bond donors (Lipinski definition) is 0. The largest absolute Gasteiger partial charge is 0.468 e. The molecule has 0 radical (unpaired) electrons. The lowest BCUT2D eigenvalue weighted by Gasteiger charge is -2.45. The van der Waals surface area contributed by atoms with Crippen LogP contribution in [-0.2, 0) is 37.9 Å². The van der Waals surface area contributed by atoms with Gasteiger partial charge in [-0.15, -0.1) is 0 Å². The highest BCUT2D eigenvalue weighted by atomic mass is 16.3. The normalized spacial score (nSPS) is 23.5. The van der Waals surface area contributed by atoms with Crippen molar-refractivity contribution in [3.05, 3.63) is 123 Å². The molecule has 2 fully saturated rings. The average molecular weight is 915 g/mol. The fraction of sp³-hybridized carbons (Fsp3) is 0.508. The van der Waals surface area contributed by atoms with Crippen LogP contribution in [0.3, 0.4) is 0 Å². The van der Waals surface area contributed by atoms with Gasteiger partial charge in [0.25, 0.3) is 6.71 Å². The average Bonchev–Trinajstić information content (AvgIpc) is 3.89. The highest BCUT2D eigenvalue weighted by molar-refractivity contribution is 7.00. The van der Waals surface area contributed by atoms with E-state index in [1.807, 2.05) is 0 Å². The van der Waals surface area contributed by atoms with E-state index in [-0.39, 0.29) is 44.6 Å². The standard InChI is InChI=1S/C65H79BN2O/c1-59(2,3)41-21-24-52-51(34-41)66-56-53(67(52)45-32-42(60(4,5)6)31-43(33-45)61(7,8)9)29-40(39-19-17-16-18-20-39)30-54(56)68(44-22-23-47-48(35-44)63(12,13)26-25-62(47,10)11)57-46-36-49-50(37-55(46)69-58(57)66)65(15)28-27-64(49,14)38-65/h21-24,29-37,39H,16-20,25-28,38H2,1-15H3. The molecular weight excluding hydrogens is 836 g/mol. The van der Waals surface area contributed by atoms with Gasteiger partial charge in [0.15, 0.2) is 0 Å². The predicted molar refractivity (Wildman–Crippen MR) is 296 cm³/mol. The van der Waals surface area contributed by atoms with Crippen molar-refractivity contribution in [1.82, 2.24) is 0 Å². The van der Waals surface area contributed by atoms with Crippen molar-refractivity contribution in [3.8, 4) is 0 Å². The summed E-state index contributed by atoms with van der Waals surface area (Å²) in [6, 6.07) is 33.1. The Morgan fingerprint density at radius 2 is 1.12 bits per heavy atom. The van der Waals surface area contributed by atoms with E-state index in [0.29, 0.717) is 5.92 Å². The zero-order valence-electron chi connectivity index (χ0n) is 45.0. The molecule has 2 unspecified atom stereocenters. The fourth-order valence-corrected chi connectivity index (χ4v) is 14.6. The molecule has 69 heavy (non-hydrogen) atoms. The summed E-state index contributed by atoms with van der Waals surface area (Å²) < 4.78 is 7.73. The summed E-state index contributed by atoms with van der Waals surface area (Å²) in [6.45, 7) is 36.3. The van der Waals surface area contributed by atoms with Gasteiger partial charge in [-0.25, -0.2) is 0 Å². The van der Waals surface area contributed by atoms with Gasteiger partial charge in [0.05, 0.1) is 11.3 Å². The Labute approximate surface area is 415 Å². The number of anilines is 6. The summed E-state index contributed by atoms with van der Waals surface area (Å²) in [5, 5.41) is 1.28. The zero-order valence-corrected chi connectivity index (χ0v) is 45.0. The Morgan fingerprint density at radius 1 is 0.522 bits per heavy atom. The number of hydrogen-bond acceptors (Lipinski definition) is 3. The Bertz CT molecular complexity index is 3100. The number of nitrogens with zero attached hydrogens (tertiary/aromatic N) is 2. The van der Waals surface area contributed by atoms with Crippen LogP contribution in [0, 0.1) is 0 Å². The molecule has 2 aliphatic heterocycles. The van der Waals surface area contributed by atoms with E-state index in [9.17, 15) is 0 Å². The van der Waals surface area contributed by atoms with Crippen LogP contribution in [0.4, 0.5) is 34.1 Å². The molecule has 2 bridgehead atoms. The number of furan rings is 1. The summed E-state index contributed by atoms with van der Waals surface area (Å²) in [5.41, 5.74) is 24.7. The summed E-state index contributed by atoms with van der Waals surface area (Å²) in [7, 11) is 0. The van der Waals surface area contributed by atoms with Crippen molar-refractivity contribution < 1.29 is 4.42 Å². The van der Waals surface area contributed by atoms with Crippen molar-refractivity contribution >= 4 is 68.4 Å². The minimum atomic E-state index is -0.0822. The fourth-order valence-electron chi connectivity index (χ4n) is 14.6. The topological polar surface area (TPSA) is 19.6 Å². The van der Waals surface area contributed by atoms with Crippen molar-refractivity contribution in [1.29, 1.82) is 0 Å². The second-order valence-corrected chi connectivity index (χ2v) is 28.2. The quantitative estimate of drug-likeness (QED) is 0.165. The van der Waals surface area contributed by atoms with Crippen LogP contribution in [0.2, 0.25) is 0 Å². The van der Waals surface area contributed by atoms with E-state index >= 15 is 0 Å². The summed E-state index contributed by atoms with van der Waals surface area (Å²) in [5.74, 6) is 0.517. The lowest BCUT2D eigenvalue weighted by molar-refractivity contribution is 0.332. The van der Waals surface area contributed by atoms with Gasteiger partial charge in [-0.2, -0.15) is 0 Å². The maximum Gasteiger partial charge on any atom is 0.297 e. The lowest BCUT2D eigenvalue weighted by atomic mass is 9.35. The van der Waals surface area contributed by atoms with E-state index in [4.69, 9.17) is 4.42 Å². The third kappa shape index (κ3) is 6.78. The summed E-state index contributed by atoms with van der Waals surface area (Å²) in [4.78, 5) is 5.43. The molecule has 0 spiro atoms. The van der Waals surface area contributed by atoms with E-state index in [2.05, 4.69) is 193 Å². The molecule has 4 aliphatic carbocycles. The van der Waals surface area contributed by atoms with Crippen LogP contribution < -0.4 is 26.4 Å². The smallest absolute Gasteiger partial charge is 0.297 e.